The van der Waals surface area contributed by atoms with Gasteiger partial charge in [-0.3, -0.25) is 9.78 Å². The van der Waals surface area contributed by atoms with Gasteiger partial charge in [0.05, 0.1) is 6.54 Å². The van der Waals surface area contributed by atoms with Gasteiger partial charge in [-0.05, 0) is 37.1 Å². The third-order valence-electron chi connectivity index (χ3n) is 6.50. The van der Waals surface area contributed by atoms with Crippen LogP contribution in [0.5, 0.6) is 0 Å². The lowest BCUT2D eigenvalue weighted by atomic mass is 9.95. The second-order valence-electron chi connectivity index (χ2n) is 8.41. The summed E-state index contributed by atoms with van der Waals surface area (Å²) in [6.07, 6.45) is 0.828. The highest BCUT2D eigenvalue weighted by molar-refractivity contribution is 5.78. The molecular formula is C22H22F3N5O. The predicted octanol–water partition coefficient (Wildman–Crippen LogP) is 3.73. The molecule has 0 atom stereocenters. The van der Waals surface area contributed by atoms with E-state index >= 15 is 0 Å². The van der Waals surface area contributed by atoms with Crippen molar-refractivity contribution in [2.45, 2.75) is 39.5 Å². The lowest BCUT2D eigenvalue weighted by Gasteiger charge is -2.41. The molecule has 2 aliphatic heterocycles. The maximum Gasteiger partial charge on any atom is 0.433 e. The van der Waals surface area contributed by atoms with Crippen LogP contribution in [0.25, 0.3) is 5.65 Å². The Morgan fingerprint density at radius 1 is 1.13 bits per heavy atom. The van der Waals surface area contributed by atoms with E-state index < -0.39 is 11.9 Å². The molecule has 0 bridgehead atoms. The second-order valence-corrected chi connectivity index (χ2v) is 8.41. The van der Waals surface area contributed by atoms with Gasteiger partial charge in [-0.1, -0.05) is 0 Å². The minimum Gasteiger partial charge on any atom is -0.371 e. The molecule has 1 fully saturated rings. The van der Waals surface area contributed by atoms with E-state index in [1.807, 2.05) is 16.0 Å². The maximum atomic E-state index is 12.9. The molecule has 0 saturated carbocycles. The fourth-order valence-corrected chi connectivity index (χ4v) is 4.61. The van der Waals surface area contributed by atoms with Gasteiger partial charge in [-0.25, -0.2) is 4.98 Å². The van der Waals surface area contributed by atoms with Crippen molar-refractivity contribution >= 4 is 17.2 Å². The molecule has 1 amide bonds. The molecule has 31 heavy (non-hydrogen) atoms. The van der Waals surface area contributed by atoms with Gasteiger partial charge in [-0.2, -0.15) is 13.2 Å². The molecule has 6 nitrogen and oxygen atoms in total. The quantitative estimate of drug-likeness (QED) is 0.637. The summed E-state index contributed by atoms with van der Waals surface area (Å²) in [4.78, 5) is 24.5. The van der Waals surface area contributed by atoms with E-state index in [0.29, 0.717) is 38.3 Å². The normalized spacial score (nSPS) is 16.7. The molecule has 5 heterocycles. The van der Waals surface area contributed by atoms with Crippen LogP contribution in [-0.2, 0) is 24.1 Å². The number of amides is 1. The number of aromatic nitrogens is 3. The standard InChI is InChI=1S/C22H22F3N5O/c1-13-14(2)30-6-5-27-21(30)18-12-29(11-17(13)18)20(31)7-15-9-28(10-15)16-3-4-26-19(8-16)22(23,24)25/h3-6,8,15H,7,9-12H2,1-2H3. The molecular weight excluding hydrogens is 407 g/mol. The molecule has 0 aromatic carbocycles. The fraction of sp³-hybridized carbons (Fsp3) is 0.409. The smallest absolute Gasteiger partial charge is 0.371 e. The number of hydrogen-bond donors (Lipinski definition) is 0. The minimum absolute atomic E-state index is 0.0771. The summed E-state index contributed by atoms with van der Waals surface area (Å²) in [6, 6.07) is 2.64. The van der Waals surface area contributed by atoms with Gasteiger partial charge in [0.1, 0.15) is 11.3 Å². The molecule has 0 spiro atoms. The van der Waals surface area contributed by atoms with E-state index in [-0.39, 0.29) is 11.8 Å². The molecule has 0 N–H and O–H groups in total. The Labute approximate surface area is 177 Å². The first-order valence-electron chi connectivity index (χ1n) is 10.2. The summed E-state index contributed by atoms with van der Waals surface area (Å²) in [7, 11) is 0. The predicted molar refractivity (Wildman–Crippen MR) is 108 cm³/mol. The third-order valence-corrected chi connectivity index (χ3v) is 6.50. The molecule has 162 valence electrons. The molecule has 0 unspecified atom stereocenters. The molecule has 2 aliphatic rings. The molecule has 0 aliphatic carbocycles. The Hall–Kier alpha value is -3.10. The molecule has 3 aromatic heterocycles. The number of carbonyl (C=O) groups is 1. The summed E-state index contributed by atoms with van der Waals surface area (Å²) < 4.78 is 40.7. The van der Waals surface area contributed by atoms with E-state index in [9.17, 15) is 18.0 Å². The highest BCUT2D eigenvalue weighted by atomic mass is 19.4. The van der Waals surface area contributed by atoms with E-state index in [0.717, 1.165) is 23.0 Å². The van der Waals surface area contributed by atoms with Crippen molar-refractivity contribution in [2.24, 2.45) is 5.92 Å². The van der Waals surface area contributed by atoms with Crippen LogP contribution in [0.1, 0.15) is 34.5 Å². The Morgan fingerprint density at radius 2 is 1.87 bits per heavy atom. The minimum atomic E-state index is -4.46. The average molecular weight is 429 g/mol. The Bertz CT molecular complexity index is 1180. The summed E-state index contributed by atoms with van der Waals surface area (Å²) in [5, 5.41) is 0. The van der Waals surface area contributed by atoms with Crippen molar-refractivity contribution in [1.29, 1.82) is 0 Å². The number of pyridine rings is 2. The molecule has 0 radical (unpaired) electrons. The van der Waals surface area contributed by atoms with Crippen molar-refractivity contribution in [1.82, 2.24) is 19.3 Å². The highest BCUT2D eigenvalue weighted by Crippen LogP contribution is 2.34. The van der Waals surface area contributed by atoms with Crippen LogP contribution in [0, 0.1) is 19.8 Å². The van der Waals surface area contributed by atoms with Crippen LogP contribution in [0.15, 0.2) is 30.7 Å². The van der Waals surface area contributed by atoms with E-state index in [1.165, 1.54) is 17.3 Å². The first-order valence-corrected chi connectivity index (χ1v) is 10.2. The van der Waals surface area contributed by atoms with Gasteiger partial charge < -0.3 is 14.2 Å². The van der Waals surface area contributed by atoms with Crippen molar-refractivity contribution < 1.29 is 18.0 Å². The summed E-state index contributed by atoms with van der Waals surface area (Å²) >= 11 is 0. The van der Waals surface area contributed by atoms with E-state index in [4.69, 9.17) is 0 Å². The number of imidazole rings is 1. The Morgan fingerprint density at radius 3 is 2.61 bits per heavy atom. The van der Waals surface area contributed by atoms with Crippen LogP contribution < -0.4 is 4.90 Å². The van der Waals surface area contributed by atoms with Crippen molar-refractivity contribution in [3.05, 3.63) is 58.8 Å². The Balaban J connectivity index is 1.23. The van der Waals surface area contributed by atoms with Gasteiger partial charge in [0.25, 0.3) is 0 Å². The van der Waals surface area contributed by atoms with Gasteiger partial charge in [-0.15, -0.1) is 0 Å². The topological polar surface area (TPSA) is 53.7 Å². The number of rotatable bonds is 3. The average Bonchev–Trinajstić information content (AvgIpc) is 3.35. The van der Waals surface area contributed by atoms with Crippen molar-refractivity contribution in [3.8, 4) is 0 Å². The van der Waals surface area contributed by atoms with E-state index in [2.05, 4.69) is 28.2 Å². The molecule has 1 saturated heterocycles. The number of anilines is 1. The summed E-state index contributed by atoms with van der Waals surface area (Å²) in [5.41, 5.74) is 5.10. The zero-order chi connectivity index (χ0) is 21.9. The van der Waals surface area contributed by atoms with Crippen LogP contribution in [0.2, 0.25) is 0 Å². The number of nitrogens with zero attached hydrogens (tertiary/aromatic N) is 5. The Kier molecular flexibility index (Phi) is 4.46. The lowest BCUT2D eigenvalue weighted by molar-refractivity contribution is -0.141. The molecule has 3 aromatic rings. The van der Waals surface area contributed by atoms with Gasteiger partial charge in [0.15, 0.2) is 0 Å². The van der Waals surface area contributed by atoms with Crippen molar-refractivity contribution in [3.63, 3.8) is 0 Å². The lowest BCUT2D eigenvalue weighted by Crippen LogP contribution is -2.48. The fourth-order valence-electron chi connectivity index (χ4n) is 4.61. The van der Waals surface area contributed by atoms with Crippen LogP contribution in [-0.4, -0.2) is 38.3 Å². The highest BCUT2D eigenvalue weighted by Gasteiger charge is 2.36. The van der Waals surface area contributed by atoms with Gasteiger partial charge in [0.2, 0.25) is 5.91 Å². The number of carbonyl (C=O) groups excluding carboxylic acids is 1. The number of aryl methyl sites for hydroxylation is 1. The zero-order valence-corrected chi connectivity index (χ0v) is 17.3. The summed E-state index contributed by atoms with van der Waals surface area (Å²) in [5.74, 6) is 0.210. The zero-order valence-electron chi connectivity index (χ0n) is 17.3. The molecule has 9 heteroatoms. The van der Waals surface area contributed by atoms with E-state index in [1.54, 1.807) is 12.3 Å². The maximum absolute atomic E-state index is 12.9. The largest absolute Gasteiger partial charge is 0.433 e. The third kappa shape index (κ3) is 3.32. The first kappa shape index (κ1) is 19.8. The number of halogens is 3. The molecule has 5 rings (SSSR count). The SMILES string of the molecule is Cc1c2c(c3nccn3c1C)CN(C(=O)CC1CN(c3ccnc(C(F)(F)F)c3)C1)C2. The van der Waals surface area contributed by atoms with Gasteiger partial charge >= 0.3 is 6.18 Å². The van der Waals surface area contributed by atoms with Crippen molar-refractivity contribution in [2.75, 3.05) is 18.0 Å². The number of hydrogen-bond acceptors (Lipinski definition) is 4. The number of fused-ring (bicyclic) bond motifs is 3. The monoisotopic (exact) mass is 429 g/mol. The first-order chi connectivity index (χ1) is 14.7. The van der Waals surface area contributed by atoms with Crippen LogP contribution >= 0.6 is 0 Å². The summed E-state index contributed by atoms with van der Waals surface area (Å²) in [6.45, 7) is 6.40. The van der Waals surface area contributed by atoms with Crippen LogP contribution in [0.4, 0.5) is 18.9 Å². The second kappa shape index (κ2) is 6.96. The van der Waals surface area contributed by atoms with Gasteiger partial charge in [0, 0.05) is 67.5 Å². The van der Waals surface area contributed by atoms with Crippen LogP contribution in [0.3, 0.4) is 0 Å². The number of alkyl halides is 3.